The maximum Gasteiger partial charge on any atom is 0.0873 e. The zero-order chi connectivity index (χ0) is 17.3. The smallest absolute Gasteiger partial charge is 0.0873 e. The van der Waals surface area contributed by atoms with Crippen molar-refractivity contribution in [2.45, 2.75) is 89.8 Å². The van der Waals surface area contributed by atoms with Gasteiger partial charge in [-0.25, -0.2) is 0 Å². The van der Waals surface area contributed by atoms with E-state index in [0.717, 1.165) is 11.5 Å². The summed E-state index contributed by atoms with van der Waals surface area (Å²) in [6.07, 6.45) is 19.4. The van der Waals surface area contributed by atoms with Crippen LogP contribution >= 0.6 is 0 Å². The Morgan fingerprint density at radius 1 is 1.00 bits per heavy atom. The Balaban J connectivity index is 2.07. The van der Waals surface area contributed by atoms with Crippen LogP contribution in [0.3, 0.4) is 0 Å². The molecule has 2 rings (SSSR count). The molecule has 0 bridgehead atoms. The third-order valence-corrected chi connectivity index (χ3v) is 10.2. The van der Waals surface area contributed by atoms with Crippen molar-refractivity contribution in [1.29, 1.82) is 0 Å². The van der Waals surface area contributed by atoms with E-state index in [4.69, 9.17) is 0 Å². The summed E-state index contributed by atoms with van der Waals surface area (Å²) < 4.78 is 0. The van der Waals surface area contributed by atoms with Crippen molar-refractivity contribution in [1.82, 2.24) is 0 Å². The van der Waals surface area contributed by atoms with Gasteiger partial charge in [-0.15, -0.1) is 0 Å². The quantitative estimate of drug-likeness (QED) is 0.255. The molecular formula is C23H38Si. The van der Waals surface area contributed by atoms with Crippen LogP contribution in [0, 0.1) is 5.92 Å². The van der Waals surface area contributed by atoms with Crippen LogP contribution < -0.4 is 5.19 Å². The number of hydrogen-bond acceptors (Lipinski definition) is 0. The topological polar surface area (TPSA) is 0 Å². The molecule has 1 saturated carbocycles. The van der Waals surface area contributed by atoms with Crippen LogP contribution in [0.1, 0.15) is 71.1 Å². The fourth-order valence-electron chi connectivity index (χ4n) is 4.19. The molecule has 0 spiro atoms. The van der Waals surface area contributed by atoms with Crippen molar-refractivity contribution >= 4 is 13.3 Å². The zero-order valence-electron chi connectivity index (χ0n) is 16.3. The third kappa shape index (κ3) is 5.92. The SMILES string of the molecule is CCCCCC[C@H](/C=C/C1CCCCC1)[Si](C)(C)c1ccccc1. The zero-order valence-corrected chi connectivity index (χ0v) is 17.3. The molecule has 0 amide bonds. The van der Waals surface area contributed by atoms with Crippen molar-refractivity contribution in [3.63, 3.8) is 0 Å². The molecular weight excluding hydrogens is 304 g/mol. The van der Waals surface area contributed by atoms with Gasteiger partial charge in [0.15, 0.2) is 0 Å². The highest BCUT2D eigenvalue weighted by Gasteiger charge is 2.31. The standard InChI is InChI=1S/C23H38Si/c1-4-5-6-11-18-23(20-19-21-14-9-7-10-15-21)24(2,3)22-16-12-8-13-17-22/h8,12-13,16-17,19-21,23H,4-7,9-11,14-15,18H2,1-3H3/b20-19+/t23-/m1/s1. The maximum absolute atomic E-state index is 2.65. The molecule has 0 radical (unpaired) electrons. The molecule has 1 aliphatic carbocycles. The van der Waals surface area contributed by atoms with Gasteiger partial charge in [-0.05, 0) is 30.7 Å². The molecule has 0 N–H and O–H groups in total. The molecule has 0 saturated heterocycles. The molecule has 0 unspecified atom stereocenters. The van der Waals surface area contributed by atoms with Crippen molar-refractivity contribution in [3.05, 3.63) is 42.5 Å². The van der Waals surface area contributed by atoms with Crippen molar-refractivity contribution in [3.8, 4) is 0 Å². The van der Waals surface area contributed by atoms with Crippen LogP contribution in [-0.4, -0.2) is 8.07 Å². The van der Waals surface area contributed by atoms with Crippen LogP contribution in [-0.2, 0) is 0 Å². The van der Waals surface area contributed by atoms with Crippen LogP contribution in [0.25, 0.3) is 0 Å². The van der Waals surface area contributed by atoms with E-state index in [0.29, 0.717) is 0 Å². The Morgan fingerprint density at radius 3 is 2.38 bits per heavy atom. The molecule has 134 valence electrons. The van der Waals surface area contributed by atoms with E-state index in [1.165, 1.54) is 64.2 Å². The van der Waals surface area contributed by atoms with Crippen LogP contribution in [0.2, 0.25) is 18.6 Å². The second kappa shape index (κ2) is 10.2. The van der Waals surface area contributed by atoms with Crippen LogP contribution in [0.15, 0.2) is 42.5 Å². The first kappa shape index (κ1) is 19.5. The van der Waals surface area contributed by atoms with Gasteiger partial charge in [-0.1, -0.05) is 113 Å². The average molecular weight is 343 g/mol. The first-order chi connectivity index (χ1) is 11.6. The fourth-order valence-corrected chi connectivity index (χ4v) is 7.19. The minimum absolute atomic E-state index is 0.790. The van der Waals surface area contributed by atoms with Gasteiger partial charge in [0, 0.05) is 0 Å². The largest absolute Gasteiger partial charge is 0.0875 e. The predicted octanol–water partition coefficient (Wildman–Crippen LogP) is 7.08. The number of hydrogen-bond donors (Lipinski definition) is 0. The molecule has 1 heteroatoms. The number of allylic oxidation sites excluding steroid dienone is 2. The first-order valence-corrected chi connectivity index (χ1v) is 13.5. The van der Waals surface area contributed by atoms with Gasteiger partial charge >= 0.3 is 0 Å². The Kier molecular flexibility index (Phi) is 8.31. The van der Waals surface area contributed by atoms with E-state index in [-0.39, 0.29) is 0 Å². The van der Waals surface area contributed by atoms with Gasteiger partial charge in [0.05, 0.1) is 8.07 Å². The lowest BCUT2D eigenvalue weighted by molar-refractivity contribution is 0.418. The first-order valence-electron chi connectivity index (χ1n) is 10.4. The highest BCUT2D eigenvalue weighted by Crippen LogP contribution is 2.32. The average Bonchev–Trinajstić information content (AvgIpc) is 2.62. The minimum Gasteiger partial charge on any atom is -0.0875 e. The number of rotatable bonds is 9. The Bertz CT molecular complexity index is 468. The van der Waals surface area contributed by atoms with E-state index >= 15 is 0 Å². The predicted molar refractivity (Wildman–Crippen MR) is 112 cm³/mol. The summed E-state index contributed by atoms with van der Waals surface area (Å²) in [5, 5.41) is 1.62. The highest BCUT2D eigenvalue weighted by molar-refractivity contribution is 6.91. The van der Waals surface area contributed by atoms with E-state index in [2.05, 4.69) is 62.5 Å². The molecule has 1 aromatic rings. The lowest BCUT2D eigenvalue weighted by Gasteiger charge is -2.32. The Morgan fingerprint density at radius 2 is 1.71 bits per heavy atom. The molecule has 0 heterocycles. The number of unbranched alkanes of at least 4 members (excludes halogenated alkanes) is 3. The van der Waals surface area contributed by atoms with Crippen LogP contribution in [0.4, 0.5) is 0 Å². The van der Waals surface area contributed by atoms with Gasteiger partial charge in [0.1, 0.15) is 0 Å². The molecule has 24 heavy (non-hydrogen) atoms. The van der Waals surface area contributed by atoms with Gasteiger partial charge in [0.25, 0.3) is 0 Å². The highest BCUT2D eigenvalue weighted by atomic mass is 28.3. The molecule has 0 aliphatic heterocycles. The summed E-state index contributed by atoms with van der Waals surface area (Å²) in [5.74, 6) is 0.859. The molecule has 1 atom stereocenters. The fraction of sp³-hybridized carbons (Fsp3) is 0.652. The monoisotopic (exact) mass is 342 g/mol. The Hall–Kier alpha value is -0.823. The summed E-state index contributed by atoms with van der Waals surface area (Å²) in [4.78, 5) is 0. The van der Waals surface area contributed by atoms with E-state index < -0.39 is 8.07 Å². The molecule has 1 aromatic carbocycles. The van der Waals surface area contributed by atoms with E-state index in [1.54, 1.807) is 5.19 Å². The van der Waals surface area contributed by atoms with Gasteiger partial charge < -0.3 is 0 Å². The second-order valence-electron chi connectivity index (χ2n) is 8.33. The lowest BCUT2D eigenvalue weighted by atomic mass is 9.89. The third-order valence-electron chi connectivity index (χ3n) is 6.08. The normalized spacial score (nSPS) is 18.1. The summed E-state index contributed by atoms with van der Waals surface area (Å²) >= 11 is 0. The molecule has 1 fully saturated rings. The lowest BCUT2D eigenvalue weighted by Crippen LogP contribution is -2.45. The van der Waals surface area contributed by atoms with E-state index in [9.17, 15) is 0 Å². The molecule has 0 nitrogen and oxygen atoms in total. The second-order valence-corrected chi connectivity index (χ2v) is 13.1. The molecule has 1 aliphatic rings. The van der Waals surface area contributed by atoms with Gasteiger partial charge in [0.2, 0.25) is 0 Å². The summed E-state index contributed by atoms with van der Waals surface area (Å²) in [6, 6.07) is 11.4. The molecule has 0 aromatic heterocycles. The minimum atomic E-state index is -1.44. The van der Waals surface area contributed by atoms with Crippen molar-refractivity contribution in [2.24, 2.45) is 5.92 Å². The van der Waals surface area contributed by atoms with Crippen molar-refractivity contribution in [2.75, 3.05) is 0 Å². The van der Waals surface area contributed by atoms with Gasteiger partial charge in [-0.3, -0.25) is 0 Å². The van der Waals surface area contributed by atoms with Crippen LogP contribution in [0.5, 0.6) is 0 Å². The summed E-state index contributed by atoms with van der Waals surface area (Å²) in [6.45, 7) is 7.47. The van der Waals surface area contributed by atoms with E-state index in [1.807, 2.05) is 0 Å². The number of benzene rings is 1. The summed E-state index contributed by atoms with van der Waals surface area (Å²) in [5.41, 5.74) is 0.790. The van der Waals surface area contributed by atoms with Crippen molar-refractivity contribution < 1.29 is 0 Å². The Labute approximate surface area is 151 Å². The van der Waals surface area contributed by atoms with Gasteiger partial charge in [-0.2, -0.15) is 0 Å². The summed E-state index contributed by atoms with van der Waals surface area (Å²) in [7, 11) is -1.44. The maximum atomic E-state index is 2.65.